The molecule has 1 N–H and O–H groups in total. The number of hydrogen-bond donors (Lipinski definition) is 1. The fraction of sp³-hybridized carbons (Fsp3) is 0.467. The first-order valence-electron chi connectivity index (χ1n) is 6.50. The highest BCUT2D eigenvalue weighted by Crippen LogP contribution is 2.26. The Labute approximate surface area is 113 Å². The highest BCUT2D eigenvalue weighted by atomic mass is 16.2. The third-order valence-corrected chi connectivity index (χ3v) is 3.49. The zero-order valence-corrected chi connectivity index (χ0v) is 11.9. The zero-order chi connectivity index (χ0) is 14.2. The Balaban J connectivity index is 2.26. The minimum atomic E-state index is -0.321. The second-order valence-electron chi connectivity index (χ2n) is 6.01. The van der Waals surface area contributed by atoms with Crippen molar-refractivity contribution < 1.29 is 9.59 Å². The summed E-state index contributed by atoms with van der Waals surface area (Å²) < 4.78 is 0. The Morgan fingerprint density at radius 1 is 1.16 bits per heavy atom. The number of carbonyl (C=O) groups excluding carboxylic acids is 2. The van der Waals surface area contributed by atoms with Crippen molar-refractivity contribution >= 4 is 17.5 Å². The molecule has 1 aliphatic rings. The van der Waals surface area contributed by atoms with Gasteiger partial charge in [-0.05, 0) is 30.0 Å². The smallest absolute Gasteiger partial charge is 0.249 e. The van der Waals surface area contributed by atoms with Crippen LogP contribution < -0.4 is 10.2 Å². The summed E-state index contributed by atoms with van der Waals surface area (Å²) in [6, 6.07) is 7.74. The zero-order valence-electron chi connectivity index (χ0n) is 11.9. The van der Waals surface area contributed by atoms with E-state index in [1.807, 2.05) is 17.0 Å². The lowest BCUT2D eigenvalue weighted by molar-refractivity contribution is -0.132. The molecule has 1 atom stereocenters. The normalized spacial score (nSPS) is 20.4. The van der Waals surface area contributed by atoms with E-state index in [0.29, 0.717) is 0 Å². The van der Waals surface area contributed by atoms with Gasteiger partial charge in [-0.1, -0.05) is 32.9 Å². The maximum atomic E-state index is 11.6. The average Bonchev–Trinajstić information content (AvgIpc) is 2.33. The first kappa shape index (κ1) is 13.6. The number of benzene rings is 1. The average molecular weight is 260 g/mol. The molecule has 1 aliphatic heterocycles. The van der Waals surface area contributed by atoms with Crippen molar-refractivity contribution in [2.24, 2.45) is 0 Å². The number of nitrogens with zero attached hydrogens (tertiary/aromatic N) is 1. The molecule has 102 valence electrons. The number of anilines is 1. The number of nitrogens with one attached hydrogen (secondary N) is 1. The van der Waals surface area contributed by atoms with Crippen LogP contribution in [-0.4, -0.2) is 24.4 Å². The van der Waals surface area contributed by atoms with Gasteiger partial charge in [0.05, 0.1) is 6.54 Å². The van der Waals surface area contributed by atoms with E-state index in [0.717, 1.165) is 5.69 Å². The summed E-state index contributed by atoms with van der Waals surface area (Å²) in [6.07, 6.45) is 0. The molecule has 0 bridgehead atoms. The summed E-state index contributed by atoms with van der Waals surface area (Å²) in [7, 11) is 0. The molecule has 0 spiro atoms. The second kappa shape index (κ2) is 4.68. The quantitative estimate of drug-likeness (QED) is 0.784. The summed E-state index contributed by atoms with van der Waals surface area (Å²) in [5.41, 5.74) is 2.24. The summed E-state index contributed by atoms with van der Waals surface area (Å²) in [5.74, 6) is -0.487. The molecule has 1 aromatic carbocycles. The van der Waals surface area contributed by atoms with Gasteiger partial charge in [0.25, 0.3) is 0 Å². The van der Waals surface area contributed by atoms with Crippen molar-refractivity contribution in [3.8, 4) is 0 Å². The summed E-state index contributed by atoms with van der Waals surface area (Å²) >= 11 is 0. The van der Waals surface area contributed by atoms with Gasteiger partial charge in [-0.15, -0.1) is 0 Å². The van der Waals surface area contributed by atoms with Gasteiger partial charge < -0.3 is 4.90 Å². The fourth-order valence-corrected chi connectivity index (χ4v) is 2.18. The lowest BCUT2D eigenvalue weighted by Gasteiger charge is -2.33. The molecule has 1 aromatic rings. The largest absolute Gasteiger partial charge is 0.350 e. The Morgan fingerprint density at radius 3 is 2.26 bits per heavy atom. The van der Waals surface area contributed by atoms with Crippen LogP contribution in [-0.2, 0) is 15.0 Å². The van der Waals surface area contributed by atoms with Crippen LogP contribution in [0.25, 0.3) is 0 Å². The predicted molar refractivity (Wildman–Crippen MR) is 75.1 cm³/mol. The highest BCUT2D eigenvalue weighted by molar-refractivity contribution is 6.04. The van der Waals surface area contributed by atoms with Gasteiger partial charge in [0.15, 0.2) is 0 Å². The molecule has 1 heterocycles. The molecule has 0 aliphatic carbocycles. The second-order valence-corrected chi connectivity index (χ2v) is 6.01. The topological polar surface area (TPSA) is 49.4 Å². The third-order valence-electron chi connectivity index (χ3n) is 3.49. The molecular weight excluding hydrogens is 240 g/mol. The summed E-state index contributed by atoms with van der Waals surface area (Å²) in [4.78, 5) is 24.9. The maximum absolute atomic E-state index is 11.6. The first-order chi connectivity index (χ1) is 8.79. The molecule has 1 saturated heterocycles. The highest BCUT2D eigenvalue weighted by Gasteiger charge is 2.30. The van der Waals surface area contributed by atoms with Gasteiger partial charge in [0.1, 0.15) is 6.04 Å². The van der Waals surface area contributed by atoms with E-state index in [1.165, 1.54) is 5.56 Å². The van der Waals surface area contributed by atoms with Gasteiger partial charge in [0, 0.05) is 5.69 Å². The fourth-order valence-electron chi connectivity index (χ4n) is 2.18. The molecule has 1 fully saturated rings. The summed E-state index contributed by atoms with van der Waals surface area (Å²) in [6.45, 7) is 8.49. The van der Waals surface area contributed by atoms with Crippen LogP contribution in [0.2, 0.25) is 0 Å². The molecule has 0 saturated carbocycles. The molecule has 4 heteroatoms. The molecule has 0 aromatic heterocycles. The number of amides is 2. The van der Waals surface area contributed by atoms with E-state index < -0.39 is 0 Å². The molecule has 2 rings (SSSR count). The van der Waals surface area contributed by atoms with Crippen LogP contribution in [0.3, 0.4) is 0 Å². The number of carbonyl (C=O) groups is 2. The van der Waals surface area contributed by atoms with Gasteiger partial charge in [0.2, 0.25) is 11.8 Å². The van der Waals surface area contributed by atoms with Crippen LogP contribution in [0.5, 0.6) is 0 Å². The minimum absolute atomic E-state index is 0.0965. The molecule has 4 nitrogen and oxygen atoms in total. The van der Waals surface area contributed by atoms with Gasteiger partial charge in [-0.3, -0.25) is 14.9 Å². The number of imide groups is 1. The van der Waals surface area contributed by atoms with E-state index in [1.54, 1.807) is 6.92 Å². The van der Waals surface area contributed by atoms with Crippen molar-refractivity contribution in [2.45, 2.75) is 39.2 Å². The van der Waals surface area contributed by atoms with Crippen molar-refractivity contribution in [2.75, 3.05) is 11.4 Å². The summed E-state index contributed by atoms with van der Waals surface area (Å²) in [5, 5.41) is 2.34. The third kappa shape index (κ3) is 2.78. The lowest BCUT2D eigenvalue weighted by atomic mass is 9.87. The SMILES string of the molecule is CC1C(=O)NC(=O)CN1c1ccc(C(C)(C)C)cc1. The van der Waals surface area contributed by atoms with Crippen LogP contribution >= 0.6 is 0 Å². The van der Waals surface area contributed by atoms with Crippen LogP contribution in [0.1, 0.15) is 33.3 Å². The molecule has 0 radical (unpaired) electrons. The van der Waals surface area contributed by atoms with Crippen LogP contribution in [0.15, 0.2) is 24.3 Å². The standard InChI is InChI=1S/C15H20N2O2/c1-10-14(19)16-13(18)9-17(10)12-7-5-11(6-8-12)15(2,3)4/h5-8,10H,9H2,1-4H3,(H,16,18,19). The van der Waals surface area contributed by atoms with Crippen molar-refractivity contribution in [3.63, 3.8) is 0 Å². The Kier molecular flexibility index (Phi) is 3.35. The number of hydrogen-bond acceptors (Lipinski definition) is 3. The van der Waals surface area contributed by atoms with Crippen molar-refractivity contribution in [1.29, 1.82) is 0 Å². The maximum Gasteiger partial charge on any atom is 0.249 e. The molecule has 19 heavy (non-hydrogen) atoms. The Hall–Kier alpha value is -1.84. The predicted octanol–water partition coefficient (Wildman–Crippen LogP) is 1.84. The lowest BCUT2D eigenvalue weighted by Crippen LogP contribution is -2.57. The Morgan fingerprint density at radius 2 is 1.74 bits per heavy atom. The Bertz CT molecular complexity index is 500. The van der Waals surface area contributed by atoms with E-state index in [9.17, 15) is 9.59 Å². The molecule has 1 unspecified atom stereocenters. The van der Waals surface area contributed by atoms with E-state index in [-0.39, 0.29) is 29.8 Å². The molecule has 2 amide bonds. The molecular formula is C15H20N2O2. The van der Waals surface area contributed by atoms with Gasteiger partial charge in [-0.2, -0.15) is 0 Å². The number of piperazine rings is 1. The van der Waals surface area contributed by atoms with Crippen molar-refractivity contribution in [3.05, 3.63) is 29.8 Å². The number of rotatable bonds is 1. The van der Waals surface area contributed by atoms with Crippen LogP contribution in [0.4, 0.5) is 5.69 Å². The van der Waals surface area contributed by atoms with Crippen LogP contribution in [0, 0.1) is 0 Å². The van der Waals surface area contributed by atoms with Crippen molar-refractivity contribution in [1.82, 2.24) is 5.32 Å². The first-order valence-corrected chi connectivity index (χ1v) is 6.50. The monoisotopic (exact) mass is 260 g/mol. The van der Waals surface area contributed by atoms with Gasteiger partial charge in [-0.25, -0.2) is 0 Å². The van der Waals surface area contributed by atoms with E-state index in [4.69, 9.17) is 0 Å². The van der Waals surface area contributed by atoms with E-state index >= 15 is 0 Å². The van der Waals surface area contributed by atoms with E-state index in [2.05, 4.69) is 38.2 Å². The van der Waals surface area contributed by atoms with Gasteiger partial charge >= 0.3 is 0 Å². The minimum Gasteiger partial charge on any atom is -0.350 e.